The zero-order valence-corrected chi connectivity index (χ0v) is 8.64. The highest BCUT2D eigenvalue weighted by molar-refractivity contribution is 6.62. The lowest BCUT2D eigenvalue weighted by Gasteiger charge is -2.10. The van der Waals surface area contributed by atoms with Crippen molar-refractivity contribution in [1.82, 2.24) is 0 Å². The van der Waals surface area contributed by atoms with Crippen molar-refractivity contribution < 1.29 is 19.2 Å². The SMILES string of the molecule is COc1cc2ccccc2c(B(O)O)c1F. The highest BCUT2D eigenvalue weighted by Gasteiger charge is 2.23. The molecule has 16 heavy (non-hydrogen) atoms. The van der Waals surface area contributed by atoms with Crippen LogP contribution in [0, 0.1) is 5.82 Å². The number of halogens is 1. The summed E-state index contributed by atoms with van der Waals surface area (Å²) in [7, 11) is -0.527. The fourth-order valence-electron chi connectivity index (χ4n) is 1.72. The van der Waals surface area contributed by atoms with Gasteiger partial charge in [-0.25, -0.2) is 4.39 Å². The molecule has 0 fully saturated rings. The number of fused-ring (bicyclic) bond motifs is 1. The Morgan fingerprint density at radius 3 is 2.56 bits per heavy atom. The number of methoxy groups -OCH3 is 1. The van der Waals surface area contributed by atoms with E-state index in [1.807, 2.05) is 0 Å². The van der Waals surface area contributed by atoms with Gasteiger partial charge in [0.1, 0.15) is 0 Å². The summed E-state index contributed by atoms with van der Waals surface area (Å²) in [6.45, 7) is 0. The van der Waals surface area contributed by atoms with E-state index < -0.39 is 12.9 Å². The van der Waals surface area contributed by atoms with Gasteiger partial charge in [-0.3, -0.25) is 0 Å². The average Bonchev–Trinajstić information content (AvgIpc) is 2.27. The standard InChI is InChI=1S/C11H10BFO3/c1-16-9-6-7-4-2-3-5-8(7)10(11(9)13)12(14)15/h2-6,14-15H,1H3. The highest BCUT2D eigenvalue weighted by atomic mass is 19.1. The minimum Gasteiger partial charge on any atom is -0.494 e. The fourth-order valence-corrected chi connectivity index (χ4v) is 1.72. The van der Waals surface area contributed by atoms with Crippen LogP contribution in [0.5, 0.6) is 5.75 Å². The zero-order valence-electron chi connectivity index (χ0n) is 8.64. The van der Waals surface area contributed by atoms with Crippen LogP contribution in [0.15, 0.2) is 30.3 Å². The Hall–Kier alpha value is -1.59. The van der Waals surface area contributed by atoms with Crippen LogP contribution >= 0.6 is 0 Å². The van der Waals surface area contributed by atoms with Crippen LogP contribution in [0.3, 0.4) is 0 Å². The van der Waals surface area contributed by atoms with E-state index in [0.29, 0.717) is 10.8 Å². The normalized spacial score (nSPS) is 10.5. The lowest BCUT2D eigenvalue weighted by molar-refractivity contribution is 0.385. The molecule has 82 valence electrons. The van der Waals surface area contributed by atoms with Crippen molar-refractivity contribution in [2.75, 3.05) is 7.11 Å². The number of ether oxygens (including phenoxy) is 1. The Bertz CT molecular complexity index is 528. The summed E-state index contributed by atoms with van der Waals surface area (Å²) in [4.78, 5) is 0. The fraction of sp³-hybridized carbons (Fsp3) is 0.0909. The minimum atomic E-state index is -1.86. The Balaban J connectivity index is 2.85. The predicted octanol–water partition coefficient (Wildman–Crippen LogP) is 0.667. The summed E-state index contributed by atoms with van der Waals surface area (Å²) < 4.78 is 18.7. The summed E-state index contributed by atoms with van der Waals surface area (Å²) in [6, 6.07) is 8.40. The second kappa shape index (κ2) is 4.12. The number of rotatable bonds is 2. The molecule has 3 nitrogen and oxygen atoms in total. The molecule has 0 atom stereocenters. The van der Waals surface area contributed by atoms with E-state index in [1.165, 1.54) is 13.2 Å². The number of hydrogen-bond acceptors (Lipinski definition) is 3. The van der Waals surface area contributed by atoms with Crippen LogP contribution in [0.25, 0.3) is 10.8 Å². The van der Waals surface area contributed by atoms with Crippen molar-refractivity contribution in [3.63, 3.8) is 0 Å². The molecule has 0 bridgehead atoms. The maximum Gasteiger partial charge on any atom is 0.492 e. The van der Waals surface area contributed by atoms with Gasteiger partial charge in [0, 0.05) is 5.46 Å². The second-order valence-electron chi connectivity index (χ2n) is 3.40. The third-order valence-electron chi connectivity index (χ3n) is 2.47. The third-order valence-corrected chi connectivity index (χ3v) is 2.47. The molecule has 0 aromatic heterocycles. The van der Waals surface area contributed by atoms with Crippen LogP contribution in [-0.4, -0.2) is 24.3 Å². The van der Waals surface area contributed by atoms with Gasteiger partial charge in [0.25, 0.3) is 0 Å². The number of benzene rings is 2. The van der Waals surface area contributed by atoms with E-state index in [2.05, 4.69) is 0 Å². The summed E-state index contributed by atoms with van der Waals surface area (Å²) in [5, 5.41) is 19.5. The summed E-state index contributed by atoms with van der Waals surface area (Å²) in [5.41, 5.74) is -0.157. The first kappa shape index (κ1) is 10.9. The van der Waals surface area contributed by atoms with Gasteiger partial charge in [0.05, 0.1) is 7.11 Å². The van der Waals surface area contributed by atoms with Gasteiger partial charge in [0.2, 0.25) is 0 Å². The molecule has 0 unspecified atom stereocenters. The summed E-state index contributed by atoms with van der Waals surface area (Å²) in [5.74, 6) is -0.738. The molecule has 0 aliphatic rings. The van der Waals surface area contributed by atoms with E-state index in [1.54, 1.807) is 24.3 Å². The Morgan fingerprint density at radius 1 is 1.25 bits per heavy atom. The molecule has 0 aliphatic heterocycles. The smallest absolute Gasteiger partial charge is 0.492 e. The van der Waals surface area contributed by atoms with Crippen LogP contribution in [0.4, 0.5) is 4.39 Å². The molecule has 5 heteroatoms. The molecule has 0 saturated heterocycles. The molecular formula is C11H10BFO3. The first-order chi connectivity index (χ1) is 7.65. The lowest BCUT2D eigenvalue weighted by Crippen LogP contribution is -2.33. The van der Waals surface area contributed by atoms with E-state index in [-0.39, 0.29) is 11.2 Å². The largest absolute Gasteiger partial charge is 0.494 e. The molecule has 0 radical (unpaired) electrons. The first-order valence-electron chi connectivity index (χ1n) is 4.76. The summed E-state index contributed by atoms with van der Waals surface area (Å²) >= 11 is 0. The van der Waals surface area contributed by atoms with Crippen molar-refractivity contribution in [3.05, 3.63) is 36.1 Å². The van der Waals surface area contributed by atoms with Gasteiger partial charge in [0.15, 0.2) is 11.6 Å². The van der Waals surface area contributed by atoms with Crippen LogP contribution < -0.4 is 10.2 Å². The lowest BCUT2D eigenvalue weighted by atomic mass is 9.76. The van der Waals surface area contributed by atoms with E-state index in [0.717, 1.165) is 0 Å². The monoisotopic (exact) mass is 220 g/mol. The van der Waals surface area contributed by atoms with Crippen molar-refractivity contribution >= 4 is 23.4 Å². The molecule has 2 aromatic rings. The maximum absolute atomic E-state index is 13.8. The van der Waals surface area contributed by atoms with E-state index in [4.69, 9.17) is 4.74 Å². The molecule has 2 N–H and O–H groups in total. The maximum atomic E-state index is 13.8. The van der Waals surface area contributed by atoms with Crippen molar-refractivity contribution in [2.24, 2.45) is 0 Å². The topological polar surface area (TPSA) is 49.7 Å². The molecule has 2 aromatic carbocycles. The quantitative estimate of drug-likeness (QED) is 0.731. The third kappa shape index (κ3) is 1.64. The molecule has 0 amide bonds. The van der Waals surface area contributed by atoms with Crippen LogP contribution in [-0.2, 0) is 0 Å². The predicted molar refractivity (Wildman–Crippen MR) is 60.3 cm³/mol. The van der Waals surface area contributed by atoms with Gasteiger partial charge >= 0.3 is 7.12 Å². The van der Waals surface area contributed by atoms with Crippen molar-refractivity contribution in [1.29, 1.82) is 0 Å². The van der Waals surface area contributed by atoms with E-state index >= 15 is 0 Å². The highest BCUT2D eigenvalue weighted by Crippen LogP contribution is 2.22. The van der Waals surface area contributed by atoms with Gasteiger partial charge in [-0.1, -0.05) is 24.3 Å². The summed E-state index contributed by atoms with van der Waals surface area (Å²) in [6.07, 6.45) is 0. The average molecular weight is 220 g/mol. The molecule has 2 rings (SSSR count). The van der Waals surface area contributed by atoms with Crippen LogP contribution in [0.2, 0.25) is 0 Å². The number of hydrogen-bond donors (Lipinski definition) is 2. The van der Waals surface area contributed by atoms with Crippen molar-refractivity contribution in [3.8, 4) is 5.75 Å². The van der Waals surface area contributed by atoms with Crippen molar-refractivity contribution in [2.45, 2.75) is 0 Å². The Labute approximate surface area is 92.2 Å². The Kier molecular flexibility index (Phi) is 2.81. The first-order valence-corrected chi connectivity index (χ1v) is 4.76. The molecular weight excluding hydrogens is 210 g/mol. The molecule has 0 saturated carbocycles. The van der Waals surface area contributed by atoms with Gasteiger partial charge < -0.3 is 14.8 Å². The van der Waals surface area contributed by atoms with Crippen LogP contribution in [0.1, 0.15) is 0 Å². The molecule has 0 spiro atoms. The molecule has 0 aliphatic carbocycles. The zero-order chi connectivity index (χ0) is 11.7. The minimum absolute atomic E-state index is 0.00167. The van der Waals surface area contributed by atoms with Gasteiger partial charge in [-0.05, 0) is 16.8 Å². The van der Waals surface area contributed by atoms with Gasteiger partial charge in [-0.2, -0.15) is 0 Å². The second-order valence-corrected chi connectivity index (χ2v) is 3.40. The van der Waals surface area contributed by atoms with E-state index in [9.17, 15) is 14.4 Å². The van der Waals surface area contributed by atoms with Gasteiger partial charge in [-0.15, -0.1) is 0 Å². The molecule has 0 heterocycles. The Morgan fingerprint density at radius 2 is 1.94 bits per heavy atom.